The SMILES string of the molecule is CCNC(=NCC(C)CN1CCOCC1)N1CCN(c2ccccc2O)CC1. The van der Waals surface area contributed by atoms with Gasteiger partial charge in [0, 0.05) is 58.9 Å². The molecule has 0 amide bonds. The molecule has 2 aliphatic rings. The largest absolute Gasteiger partial charge is 0.506 e. The molecule has 28 heavy (non-hydrogen) atoms. The van der Waals surface area contributed by atoms with Gasteiger partial charge in [-0.25, -0.2) is 0 Å². The first-order valence-corrected chi connectivity index (χ1v) is 10.5. The molecule has 0 radical (unpaired) electrons. The molecule has 0 bridgehead atoms. The van der Waals surface area contributed by atoms with E-state index < -0.39 is 0 Å². The van der Waals surface area contributed by atoms with Crippen LogP contribution in [-0.4, -0.2) is 93.0 Å². The number of nitrogens with zero attached hydrogens (tertiary/aromatic N) is 4. The van der Waals surface area contributed by atoms with Crippen LogP contribution in [0.15, 0.2) is 29.3 Å². The summed E-state index contributed by atoms with van der Waals surface area (Å²) < 4.78 is 5.43. The summed E-state index contributed by atoms with van der Waals surface area (Å²) in [7, 11) is 0. The normalized spacial score (nSPS) is 20.3. The van der Waals surface area contributed by atoms with E-state index in [1.807, 2.05) is 18.2 Å². The number of ether oxygens (including phenoxy) is 1. The topological polar surface area (TPSA) is 63.6 Å². The van der Waals surface area contributed by atoms with Crippen LogP contribution in [0.3, 0.4) is 0 Å². The Morgan fingerprint density at radius 2 is 1.86 bits per heavy atom. The first kappa shape index (κ1) is 20.7. The van der Waals surface area contributed by atoms with E-state index in [4.69, 9.17) is 9.73 Å². The van der Waals surface area contributed by atoms with Gasteiger partial charge in [0.25, 0.3) is 0 Å². The maximum Gasteiger partial charge on any atom is 0.194 e. The van der Waals surface area contributed by atoms with Crippen LogP contribution in [0.1, 0.15) is 13.8 Å². The molecule has 7 nitrogen and oxygen atoms in total. The monoisotopic (exact) mass is 389 g/mol. The van der Waals surface area contributed by atoms with Gasteiger partial charge in [0.15, 0.2) is 5.96 Å². The summed E-state index contributed by atoms with van der Waals surface area (Å²) >= 11 is 0. The number of hydrogen-bond acceptors (Lipinski definition) is 5. The lowest BCUT2D eigenvalue weighted by atomic mass is 10.1. The Hall–Kier alpha value is -1.99. The molecule has 1 aromatic rings. The predicted molar refractivity (Wildman–Crippen MR) is 114 cm³/mol. The van der Waals surface area contributed by atoms with Crippen LogP contribution in [0.5, 0.6) is 5.75 Å². The fourth-order valence-electron chi connectivity index (χ4n) is 3.84. The van der Waals surface area contributed by atoms with Gasteiger partial charge < -0.3 is 25.0 Å². The third kappa shape index (κ3) is 5.75. The molecular formula is C21H35N5O2. The van der Waals surface area contributed by atoms with Crippen molar-refractivity contribution in [1.82, 2.24) is 15.1 Å². The molecule has 2 saturated heterocycles. The molecule has 1 unspecified atom stereocenters. The summed E-state index contributed by atoms with van der Waals surface area (Å²) in [6.07, 6.45) is 0. The molecule has 2 heterocycles. The van der Waals surface area contributed by atoms with Gasteiger partial charge in [-0.15, -0.1) is 0 Å². The van der Waals surface area contributed by atoms with Crippen molar-refractivity contribution in [2.45, 2.75) is 13.8 Å². The number of aromatic hydroxyl groups is 1. The molecule has 3 rings (SSSR count). The van der Waals surface area contributed by atoms with E-state index in [2.05, 4.69) is 33.9 Å². The Balaban J connectivity index is 1.52. The van der Waals surface area contributed by atoms with Gasteiger partial charge in [0.05, 0.1) is 18.9 Å². The third-order valence-corrected chi connectivity index (χ3v) is 5.36. The van der Waals surface area contributed by atoms with E-state index in [-0.39, 0.29) is 0 Å². The number of nitrogens with one attached hydrogen (secondary N) is 1. The summed E-state index contributed by atoms with van der Waals surface area (Å²) in [5, 5.41) is 13.6. The van der Waals surface area contributed by atoms with E-state index in [0.717, 1.165) is 83.8 Å². The lowest BCUT2D eigenvalue weighted by Crippen LogP contribution is -2.52. The molecule has 2 fully saturated rings. The van der Waals surface area contributed by atoms with Gasteiger partial charge in [0.2, 0.25) is 0 Å². The summed E-state index contributed by atoms with van der Waals surface area (Å²) in [6, 6.07) is 7.58. The molecule has 7 heteroatoms. The molecule has 0 saturated carbocycles. The summed E-state index contributed by atoms with van der Waals surface area (Å²) in [6.45, 7) is 14.5. The first-order chi connectivity index (χ1) is 13.7. The Labute approximate surface area is 169 Å². The number of aliphatic imine (C=N–C) groups is 1. The Kier molecular flexibility index (Phi) is 7.80. The molecule has 2 aliphatic heterocycles. The van der Waals surface area contributed by atoms with Gasteiger partial charge in [-0.3, -0.25) is 9.89 Å². The highest BCUT2D eigenvalue weighted by atomic mass is 16.5. The Morgan fingerprint density at radius 1 is 1.14 bits per heavy atom. The number of piperazine rings is 1. The number of morpholine rings is 1. The van der Waals surface area contributed by atoms with Gasteiger partial charge >= 0.3 is 0 Å². The second-order valence-corrected chi connectivity index (χ2v) is 7.68. The van der Waals surface area contributed by atoms with E-state index in [0.29, 0.717) is 11.7 Å². The quantitative estimate of drug-likeness (QED) is 0.567. The lowest BCUT2D eigenvalue weighted by Gasteiger charge is -2.38. The van der Waals surface area contributed by atoms with Crippen LogP contribution >= 0.6 is 0 Å². The molecule has 1 aromatic carbocycles. The third-order valence-electron chi connectivity index (χ3n) is 5.36. The van der Waals surface area contributed by atoms with Gasteiger partial charge in [-0.05, 0) is 25.0 Å². The molecule has 0 spiro atoms. The van der Waals surface area contributed by atoms with E-state index in [9.17, 15) is 5.11 Å². The van der Waals surface area contributed by atoms with Crippen LogP contribution in [0, 0.1) is 5.92 Å². The highest BCUT2D eigenvalue weighted by Crippen LogP contribution is 2.27. The molecule has 0 aromatic heterocycles. The second kappa shape index (κ2) is 10.5. The molecule has 2 N–H and O–H groups in total. The van der Waals surface area contributed by atoms with Crippen molar-refractivity contribution in [3.8, 4) is 5.75 Å². The second-order valence-electron chi connectivity index (χ2n) is 7.68. The highest BCUT2D eigenvalue weighted by molar-refractivity contribution is 5.80. The number of benzene rings is 1. The standard InChI is InChI=1S/C21H35N5O2/c1-3-22-21(23-16-18(2)17-24-12-14-28-15-13-24)26-10-8-25(9-11-26)19-6-4-5-7-20(19)27/h4-7,18,27H,3,8-17H2,1-2H3,(H,22,23). The number of hydrogen-bond donors (Lipinski definition) is 2. The van der Waals surface area contributed by atoms with E-state index in [1.165, 1.54) is 0 Å². The zero-order chi connectivity index (χ0) is 19.8. The van der Waals surface area contributed by atoms with Crippen molar-refractivity contribution >= 4 is 11.6 Å². The number of para-hydroxylation sites is 2. The zero-order valence-corrected chi connectivity index (χ0v) is 17.3. The van der Waals surface area contributed by atoms with Crippen LogP contribution in [0.25, 0.3) is 0 Å². The molecule has 0 aliphatic carbocycles. The Morgan fingerprint density at radius 3 is 2.54 bits per heavy atom. The van der Waals surface area contributed by atoms with Gasteiger partial charge in [0.1, 0.15) is 5.75 Å². The molecular weight excluding hydrogens is 354 g/mol. The Bertz CT molecular complexity index is 625. The first-order valence-electron chi connectivity index (χ1n) is 10.5. The van der Waals surface area contributed by atoms with E-state index in [1.54, 1.807) is 6.07 Å². The van der Waals surface area contributed by atoms with Crippen molar-refractivity contribution in [3.63, 3.8) is 0 Å². The number of guanidine groups is 1. The van der Waals surface area contributed by atoms with Crippen LogP contribution in [0.4, 0.5) is 5.69 Å². The average molecular weight is 390 g/mol. The van der Waals surface area contributed by atoms with Gasteiger partial charge in [-0.1, -0.05) is 19.1 Å². The number of phenols is 1. The van der Waals surface area contributed by atoms with Crippen LogP contribution < -0.4 is 10.2 Å². The molecule has 1 atom stereocenters. The minimum atomic E-state index is 0.355. The number of phenolic OH excluding ortho intramolecular Hbond substituents is 1. The maximum atomic E-state index is 10.1. The minimum absolute atomic E-state index is 0.355. The summed E-state index contributed by atoms with van der Waals surface area (Å²) in [5.41, 5.74) is 0.920. The fourth-order valence-corrected chi connectivity index (χ4v) is 3.84. The fraction of sp³-hybridized carbons (Fsp3) is 0.667. The van der Waals surface area contributed by atoms with Crippen molar-refractivity contribution < 1.29 is 9.84 Å². The maximum absolute atomic E-state index is 10.1. The predicted octanol–water partition coefficient (Wildman–Crippen LogP) is 1.45. The molecule has 156 valence electrons. The summed E-state index contributed by atoms with van der Waals surface area (Å²) in [5.74, 6) is 1.89. The van der Waals surface area contributed by atoms with E-state index >= 15 is 0 Å². The number of rotatable bonds is 6. The average Bonchev–Trinajstić information content (AvgIpc) is 2.72. The van der Waals surface area contributed by atoms with Crippen LogP contribution in [-0.2, 0) is 4.74 Å². The van der Waals surface area contributed by atoms with Crippen molar-refractivity contribution in [2.24, 2.45) is 10.9 Å². The lowest BCUT2D eigenvalue weighted by molar-refractivity contribution is 0.0323. The van der Waals surface area contributed by atoms with Crippen molar-refractivity contribution in [1.29, 1.82) is 0 Å². The zero-order valence-electron chi connectivity index (χ0n) is 17.3. The van der Waals surface area contributed by atoms with Gasteiger partial charge in [-0.2, -0.15) is 0 Å². The van der Waals surface area contributed by atoms with Crippen molar-refractivity contribution in [2.75, 3.05) is 77.0 Å². The smallest absolute Gasteiger partial charge is 0.194 e. The minimum Gasteiger partial charge on any atom is -0.506 e. The number of anilines is 1. The summed E-state index contributed by atoms with van der Waals surface area (Å²) in [4.78, 5) is 12.0. The highest BCUT2D eigenvalue weighted by Gasteiger charge is 2.21. The van der Waals surface area contributed by atoms with Crippen LogP contribution in [0.2, 0.25) is 0 Å². The van der Waals surface area contributed by atoms with Crippen molar-refractivity contribution in [3.05, 3.63) is 24.3 Å².